The number of nitro groups is 1. The number of aryl methyl sites for hydroxylation is 1. The molecule has 1 aliphatic heterocycles. The summed E-state index contributed by atoms with van der Waals surface area (Å²) < 4.78 is 44.7. The lowest BCUT2D eigenvalue weighted by Crippen LogP contribution is -2.14. The Hall–Kier alpha value is -4.71. The number of nitrogens with zero attached hydrogens (tertiary/aromatic N) is 3. The van der Waals surface area contributed by atoms with Gasteiger partial charge < -0.3 is 14.2 Å². The van der Waals surface area contributed by atoms with E-state index in [2.05, 4.69) is 5.10 Å². The van der Waals surface area contributed by atoms with E-state index < -0.39 is 20.7 Å². The maximum Gasteiger partial charge on any atom is 0.345 e. The number of nitro benzene ring substituents is 1. The van der Waals surface area contributed by atoms with Gasteiger partial charge >= 0.3 is 5.97 Å². The van der Waals surface area contributed by atoms with E-state index in [0.717, 1.165) is 24.3 Å². The Kier molecular flexibility index (Phi) is 5.65. The molecular weight excluding hydrogens is 490 g/mol. The van der Waals surface area contributed by atoms with Gasteiger partial charge in [0.1, 0.15) is 0 Å². The topological polar surface area (TPSA) is 140 Å². The minimum atomic E-state index is -4.30. The van der Waals surface area contributed by atoms with Crippen LogP contribution in [0, 0.1) is 17.0 Å². The van der Waals surface area contributed by atoms with Crippen molar-refractivity contribution < 1.29 is 32.3 Å². The molecule has 0 spiro atoms. The highest BCUT2D eigenvalue weighted by molar-refractivity contribution is 7.91. The molecule has 4 aromatic rings. The van der Waals surface area contributed by atoms with Crippen LogP contribution >= 0.6 is 0 Å². The third-order valence-corrected chi connectivity index (χ3v) is 7.29. The van der Waals surface area contributed by atoms with Crippen LogP contribution in [0.2, 0.25) is 0 Å². The third kappa shape index (κ3) is 4.03. The fourth-order valence-electron chi connectivity index (χ4n) is 3.67. The first-order valence-corrected chi connectivity index (χ1v) is 12.0. The number of hydrogen-bond donors (Lipinski definition) is 0. The zero-order valence-electron chi connectivity index (χ0n) is 18.7. The molecule has 3 aromatic carbocycles. The van der Waals surface area contributed by atoms with Gasteiger partial charge in [-0.05, 0) is 49.4 Å². The van der Waals surface area contributed by atoms with Crippen molar-refractivity contribution in [3.63, 3.8) is 0 Å². The van der Waals surface area contributed by atoms with Crippen LogP contribution in [0.15, 0.2) is 82.6 Å². The molecule has 0 fully saturated rings. The van der Waals surface area contributed by atoms with Gasteiger partial charge in [-0.1, -0.05) is 18.2 Å². The van der Waals surface area contributed by atoms with Gasteiger partial charge in [0.25, 0.3) is 5.69 Å². The number of benzene rings is 3. The van der Waals surface area contributed by atoms with Gasteiger partial charge in [-0.2, -0.15) is 9.78 Å². The number of rotatable bonds is 6. The van der Waals surface area contributed by atoms with Crippen molar-refractivity contribution in [3.8, 4) is 23.1 Å². The number of non-ortho nitro benzene ring substituents is 1. The molecule has 36 heavy (non-hydrogen) atoms. The molecule has 5 rings (SSSR count). The van der Waals surface area contributed by atoms with Crippen LogP contribution in [0.4, 0.5) is 5.69 Å². The van der Waals surface area contributed by atoms with Crippen LogP contribution in [-0.4, -0.2) is 35.9 Å². The van der Waals surface area contributed by atoms with Gasteiger partial charge in [0.15, 0.2) is 16.4 Å². The van der Waals surface area contributed by atoms with Crippen LogP contribution in [0.3, 0.4) is 0 Å². The van der Waals surface area contributed by atoms with Gasteiger partial charge in [-0.3, -0.25) is 10.1 Å². The molecule has 12 heteroatoms. The average molecular weight is 507 g/mol. The number of carbonyl (C=O) groups excluding carboxylic acids is 1. The van der Waals surface area contributed by atoms with Crippen molar-refractivity contribution in [3.05, 3.63) is 94.2 Å². The number of para-hydroxylation sites is 1. The van der Waals surface area contributed by atoms with E-state index >= 15 is 0 Å². The minimum absolute atomic E-state index is 0.0193. The van der Waals surface area contributed by atoms with Crippen molar-refractivity contribution in [2.24, 2.45) is 0 Å². The van der Waals surface area contributed by atoms with E-state index in [1.54, 1.807) is 36.4 Å². The van der Waals surface area contributed by atoms with Crippen molar-refractivity contribution in [1.82, 2.24) is 9.78 Å². The predicted molar refractivity (Wildman–Crippen MR) is 124 cm³/mol. The molecule has 0 saturated heterocycles. The average Bonchev–Trinajstić information content (AvgIpc) is 3.48. The Balaban J connectivity index is 1.62. The Morgan fingerprint density at radius 2 is 1.72 bits per heavy atom. The highest BCUT2D eigenvalue weighted by Crippen LogP contribution is 2.37. The summed E-state index contributed by atoms with van der Waals surface area (Å²) in [6.07, 6.45) is 0. The van der Waals surface area contributed by atoms with Crippen molar-refractivity contribution in [1.29, 1.82) is 0 Å². The second kappa shape index (κ2) is 8.82. The van der Waals surface area contributed by atoms with Crippen molar-refractivity contribution in [2.75, 3.05) is 6.79 Å². The molecule has 0 N–H and O–H groups in total. The van der Waals surface area contributed by atoms with Gasteiger partial charge in [0, 0.05) is 12.1 Å². The Bertz CT molecular complexity index is 1600. The number of aromatic nitrogens is 2. The van der Waals surface area contributed by atoms with Crippen molar-refractivity contribution >= 4 is 21.5 Å². The Morgan fingerprint density at radius 1 is 1.03 bits per heavy atom. The lowest BCUT2D eigenvalue weighted by atomic mass is 10.2. The van der Waals surface area contributed by atoms with Gasteiger partial charge in [0.2, 0.25) is 22.5 Å². The first-order valence-electron chi connectivity index (χ1n) is 10.5. The number of sulfone groups is 1. The summed E-state index contributed by atoms with van der Waals surface area (Å²) in [6.45, 7) is 1.49. The van der Waals surface area contributed by atoms with E-state index in [-0.39, 0.29) is 39.4 Å². The highest BCUT2D eigenvalue weighted by Gasteiger charge is 2.33. The highest BCUT2D eigenvalue weighted by atomic mass is 32.2. The smallest absolute Gasteiger partial charge is 0.345 e. The molecule has 0 aliphatic carbocycles. The van der Waals surface area contributed by atoms with E-state index in [1.807, 2.05) is 0 Å². The number of fused-ring (bicyclic) bond motifs is 1. The molecule has 11 nitrogen and oxygen atoms in total. The van der Waals surface area contributed by atoms with E-state index in [0.29, 0.717) is 17.2 Å². The number of carbonyl (C=O) groups is 1. The fourth-order valence-corrected chi connectivity index (χ4v) is 5.19. The van der Waals surface area contributed by atoms with Crippen LogP contribution in [-0.2, 0) is 9.84 Å². The summed E-state index contributed by atoms with van der Waals surface area (Å²) in [4.78, 5) is 22.9. The SMILES string of the molecule is Cc1nn(-c2ccccc2)c(OC(=O)c2ccc3c(c2)OCO3)c1S(=O)(=O)c1ccc([N+](=O)[O-])cc1. The monoisotopic (exact) mass is 507 g/mol. The summed E-state index contributed by atoms with van der Waals surface area (Å²) in [5, 5.41) is 15.3. The zero-order chi connectivity index (χ0) is 25.4. The van der Waals surface area contributed by atoms with Gasteiger partial charge in [0.05, 0.1) is 26.8 Å². The van der Waals surface area contributed by atoms with E-state index in [4.69, 9.17) is 14.2 Å². The standard InChI is InChI=1S/C24H17N3O8S/c1-15-22(36(31,32)19-10-8-18(9-11-19)27(29)30)23(26(25-15)17-5-3-2-4-6-17)35-24(28)16-7-12-20-21(13-16)34-14-33-20/h2-13H,14H2,1H3. The maximum atomic E-state index is 13.6. The lowest BCUT2D eigenvalue weighted by Gasteiger charge is -2.11. The third-order valence-electron chi connectivity index (χ3n) is 5.39. The Labute approximate surface area is 204 Å². The molecule has 1 aliphatic rings. The van der Waals surface area contributed by atoms with Gasteiger partial charge in [-0.25, -0.2) is 13.2 Å². The second-order valence-electron chi connectivity index (χ2n) is 7.68. The van der Waals surface area contributed by atoms with Crippen LogP contribution in [0.25, 0.3) is 5.69 Å². The first kappa shape index (κ1) is 23.1. The van der Waals surface area contributed by atoms with E-state index in [1.165, 1.54) is 23.7 Å². The molecule has 182 valence electrons. The number of ether oxygens (including phenoxy) is 3. The Morgan fingerprint density at radius 3 is 2.42 bits per heavy atom. The predicted octanol–water partition coefficient (Wildman–Crippen LogP) is 3.87. The summed E-state index contributed by atoms with van der Waals surface area (Å²) >= 11 is 0. The maximum absolute atomic E-state index is 13.6. The molecule has 0 amide bonds. The molecule has 0 saturated carbocycles. The second-order valence-corrected chi connectivity index (χ2v) is 9.57. The summed E-state index contributed by atoms with van der Waals surface area (Å²) in [7, 11) is -4.30. The largest absolute Gasteiger partial charge is 0.454 e. The molecule has 2 heterocycles. The summed E-state index contributed by atoms with van der Waals surface area (Å²) in [5.74, 6) is -0.334. The van der Waals surface area contributed by atoms with Gasteiger partial charge in [-0.15, -0.1) is 0 Å². The fraction of sp³-hybridized carbons (Fsp3) is 0.0833. The molecule has 1 aromatic heterocycles. The summed E-state index contributed by atoms with van der Waals surface area (Å²) in [6, 6.07) is 17.4. The van der Waals surface area contributed by atoms with E-state index in [9.17, 15) is 23.3 Å². The van der Waals surface area contributed by atoms with Crippen LogP contribution in [0.5, 0.6) is 17.4 Å². The lowest BCUT2D eigenvalue weighted by molar-refractivity contribution is -0.384. The van der Waals surface area contributed by atoms with Crippen LogP contribution < -0.4 is 14.2 Å². The molecule has 0 unspecified atom stereocenters. The molecular formula is C24H17N3O8S. The normalized spacial score (nSPS) is 12.4. The molecule has 0 bridgehead atoms. The molecule has 0 radical (unpaired) electrons. The number of hydrogen-bond acceptors (Lipinski definition) is 9. The summed E-state index contributed by atoms with van der Waals surface area (Å²) in [5.41, 5.74) is 0.376. The van der Waals surface area contributed by atoms with Crippen LogP contribution in [0.1, 0.15) is 16.1 Å². The zero-order valence-corrected chi connectivity index (χ0v) is 19.5. The quantitative estimate of drug-likeness (QED) is 0.216. The first-order chi connectivity index (χ1) is 17.3. The molecule has 0 atom stereocenters. The number of esters is 1. The van der Waals surface area contributed by atoms with Crippen molar-refractivity contribution in [2.45, 2.75) is 16.7 Å². The minimum Gasteiger partial charge on any atom is -0.454 e.